The van der Waals surface area contributed by atoms with E-state index in [1.165, 1.54) is 0 Å². The van der Waals surface area contributed by atoms with Crippen molar-refractivity contribution in [2.24, 2.45) is 5.92 Å². The summed E-state index contributed by atoms with van der Waals surface area (Å²) in [4.78, 5) is 22.5. The van der Waals surface area contributed by atoms with Crippen LogP contribution in [-0.2, 0) is 16.0 Å². The van der Waals surface area contributed by atoms with Crippen LogP contribution in [0, 0.1) is 5.92 Å². The molecule has 0 N–H and O–H groups in total. The van der Waals surface area contributed by atoms with E-state index in [0.717, 1.165) is 11.8 Å². The Hall–Kier alpha value is -1.15. The fraction of sp³-hybridized carbons (Fsp3) is 0.429. The molecule has 2 nitrogen and oxygen atoms in total. The molecule has 0 aliphatic rings. The number of halogens is 1. The first-order chi connectivity index (χ1) is 8.26. The molecule has 0 aliphatic heterocycles. The normalized spacial score (nSPS) is 12.1. The second kappa shape index (κ2) is 8.02. The topological polar surface area (TPSA) is 34.1 Å². The highest BCUT2D eigenvalue weighted by molar-refractivity contribution is 6.17. The fourth-order valence-electron chi connectivity index (χ4n) is 1.74. The standard InChI is InChI=1S/C14H17ClO2/c15-8-4-7-14(17)10-13(11-16)9-12-5-2-1-3-6-12/h1-3,5-6,11,13H,4,7-10H2. The molecule has 0 heterocycles. The lowest BCUT2D eigenvalue weighted by atomic mass is 9.94. The highest BCUT2D eigenvalue weighted by Gasteiger charge is 2.13. The Morgan fingerprint density at radius 1 is 1.29 bits per heavy atom. The van der Waals surface area contributed by atoms with Crippen molar-refractivity contribution < 1.29 is 9.59 Å². The number of ketones is 1. The second-order valence-corrected chi connectivity index (χ2v) is 4.50. The molecule has 0 fully saturated rings. The highest BCUT2D eigenvalue weighted by Crippen LogP contribution is 2.12. The van der Waals surface area contributed by atoms with Crippen LogP contribution >= 0.6 is 11.6 Å². The maximum atomic E-state index is 11.5. The van der Waals surface area contributed by atoms with Gasteiger partial charge in [0.15, 0.2) is 0 Å². The van der Waals surface area contributed by atoms with E-state index in [2.05, 4.69) is 0 Å². The number of alkyl halides is 1. The monoisotopic (exact) mass is 252 g/mol. The number of carbonyl (C=O) groups excluding carboxylic acids is 2. The van der Waals surface area contributed by atoms with E-state index in [4.69, 9.17) is 11.6 Å². The molecule has 0 aliphatic carbocycles. The predicted octanol–water partition coefficient (Wildman–Crippen LogP) is 3.02. The molecule has 1 unspecified atom stereocenters. The maximum Gasteiger partial charge on any atom is 0.133 e. The Balaban J connectivity index is 2.44. The zero-order chi connectivity index (χ0) is 12.5. The van der Waals surface area contributed by atoms with E-state index in [-0.39, 0.29) is 11.7 Å². The minimum Gasteiger partial charge on any atom is -0.303 e. The van der Waals surface area contributed by atoms with Gasteiger partial charge in [-0.1, -0.05) is 30.3 Å². The molecule has 0 aromatic heterocycles. The Labute approximate surface area is 107 Å². The van der Waals surface area contributed by atoms with Crippen LogP contribution in [0.4, 0.5) is 0 Å². The van der Waals surface area contributed by atoms with Gasteiger partial charge in [-0.15, -0.1) is 11.6 Å². The summed E-state index contributed by atoms with van der Waals surface area (Å²) >= 11 is 5.52. The van der Waals surface area contributed by atoms with Gasteiger partial charge in [0.1, 0.15) is 12.1 Å². The summed E-state index contributed by atoms with van der Waals surface area (Å²) in [5.41, 5.74) is 1.09. The predicted molar refractivity (Wildman–Crippen MR) is 69.3 cm³/mol. The lowest BCUT2D eigenvalue weighted by Gasteiger charge is -2.09. The van der Waals surface area contributed by atoms with Crippen molar-refractivity contribution in [2.45, 2.75) is 25.7 Å². The average molecular weight is 253 g/mol. The van der Waals surface area contributed by atoms with Gasteiger partial charge >= 0.3 is 0 Å². The van der Waals surface area contributed by atoms with Crippen LogP contribution in [0.1, 0.15) is 24.8 Å². The van der Waals surface area contributed by atoms with Gasteiger partial charge in [-0.3, -0.25) is 4.79 Å². The van der Waals surface area contributed by atoms with Gasteiger partial charge in [-0.25, -0.2) is 0 Å². The lowest BCUT2D eigenvalue weighted by molar-refractivity contribution is -0.122. The van der Waals surface area contributed by atoms with Crippen molar-refractivity contribution in [2.75, 3.05) is 5.88 Å². The number of benzene rings is 1. The van der Waals surface area contributed by atoms with Crippen molar-refractivity contribution in [3.63, 3.8) is 0 Å². The fourth-order valence-corrected chi connectivity index (χ4v) is 1.88. The number of hydrogen-bond acceptors (Lipinski definition) is 2. The third-order valence-corrected chi connectivity index (χ3v) is 2.88. The Morgan fingerprint density at radius 2 is 2.00 bits per heavy atom. The van der Waals surface area contributed by atoms with Gasteiger partial charge in [0, 0.05) is 24.6 Å². The van der Waals surface area contributed by atoms with Gasteiger partial charge in [0.05, 0.1) is 0 Å². The van der Waals surface area contributed by atoms with Crippen molar-refractivity contribution in [1.82, 2.24) is 0 Å². The van der Waals surface area contributed by atoms with E-state index < -0.39 is 0 Å². The van der Waals surface area contributed by atoms with Crippen molar-refractivity contribution >= 4 is 23.7 Å². The summed E-state index contributed by atoms with van der Waals surface area (Å²) in [5, 5.41) is 0. The van der Waals surface area contributed by atoms with E-state index in [9.17, 15) is 9.59 Å². The molecule has 17 heavy (non-hydrogen) atoms. The number of aldehydes is 1. The van der Waals surface area contributed by atoms with Crippen LogP contribution in [-0.4, -0.2) is 17.9 Å². The second-order valence-electron chi connectivity index (χ2n) is 4.12. The highest BCUT2D eigenvalue weighted by atomic mass is 35.5. The zero-order valence-corrected chi connectivity index (χ0v) is 10.5. The summed E-state index contributed by atoms with van der Waals surface area (Å²) in [7, 11) is 0. The smallest absolute Gasteiger partial charge is 0.133 e. The molecular weight excluding hydrogens is 236 g/mol. The molecule has 0 bridgehead atoms. The van der Waals surface area contributed by atoms with E-state index >= 15 is 0 Å². The number of rotatable bonds is 8. The van der Waals surface area contributed by atoms with Crippen LogP contribution in [0.2, 0.25) is 0 Å². The van der Waals surface area contributed by atoms with Crippen molar-refractivity contribution in [3.8, 4) is 0 Å². The molecular formula is C14H17ClO2. The van der Waals surface area contributed by atoms with E-state index in [1.807, 2.05) is 30.3 Å². The average Bonchev–Trinajstić information content (AvgIpc) is 2.36. The first-order valence-electron chi connectivity index (χ1n) is 5.83. The molecule has 1 rings (SSSR count). The Bertz CT molecular complexity index is 348. The summed E-state index contributed by atoms with van der Waals surface area (Å²) < 4.78 is 0. The summed E-state index contributed by atoms with van der Waals surface area (Å²) in [6, 6.07) is 9.75. The molecule has 0 spiro atoms. The minimum atomic E-state index is -0.208. The third-order valence-electron chi connectivity index (χ3n) is 2.61. The lowest BCUT2D eigenvalue weighted by Crippen LogP contribution is -2.12. The van der Waals surface area contributed by atoms with Gasteiger partial charge in [-0.05, 0) is 18.4 Å². The van der Waals surface area contributed by atoms with Crippen molar-refractivity contribution in [3.05, 3.63) is 35.9 Å². The summed E-state index contributed by atoms with van der Waals surface area (Å²) in [5.74, 6) is 0.412. The third kappa shape index (κ3) is 5.64. The molecule has 3 heteroatoms. The SMILES string of the molecule is O=CC(CC(=O)CCCCl)Cc1ccccc1. The van der Waals surface area contributed by atoms with Crippen LogP contribution < -0.4 is 0 Å². The summed E-state index contributed by atoms with van der Waals surface area (Å²) in [6.07, 6.45) is 3.01. The van der Waals surface area contributed by atoms with Gasteiger partial charge in [-0.2, -0.15) is 0 Å². The summed E-state index contributed by atoms with van der Waals surface area (Å²) in [6.45, 7) is 0. The van der Waals surface area contributed by atoms with E-state index in [0.29, 0.717) is 31.6 Å². The first-order valence-corrected chi connectivity index (χ1v) is 6.36. The molecule has 0 saturated heterocycles. The zero-order valence-electron chi connectivity index (χ0n) is 9.77. The quantitative estimate of drug-likeness (QED) is 0.526. The largest absolute Gasteiger partial charge is 0.303 e. The van der Waals surface area contributed by atoms with Crippen LogP contribution in [0.3, 0.4) is 0 Å². The Morgan fingerprint density at radius 3 is 2.59 bits per heavy atom. The minimum absolute atomic E-state index is 0.124. The number of hydrogen-bond donors (Lipinski definition) is 0. The number of carbonyl (C=O) groups is 2. The van der Waals surface area contributed by atoms with Gasteiger partial charge in [0.2, 0.25) is 0 Å². The van der Waals surface area contributed by atoms with Crippen LogP contribution in [0.15, 0.2) is 30.3 Å². The molecule has 1 aromatic carbocycles. The molecule has 92 valence electrons. The molecule has 0 radical (unpaired) electrons. The first kappa shape index (κ1) is 13.9. The van der Waals surface area contributed by atoms with E-state index in [1.54, 1.807) is 0 Å². The van der Waals surface area contributed by atoms with Crippen molar-refractivity contribution in [1.29, 1.82) is 0 Å². The maximum absolute atomic E-state index is 11.5. The number of Topliss-reactive ketones (excluding diaryl/α,β-unsaturated/α-hetero) is 1. The van der Waals surface area contributed by atoms with Crippen LogP contribution in [0.5, 0.6) is 0 Å². The van der Waals surface area contributed by atoms with Crippen LogP contribution in [0.25, 0.3) is 0 Å². The molecule has 1 atom stereocenters. The molecule has 0 saturated carbocycles. The molecule has 1 aromatic rings. The van der Waals surface area contributed by atoms with Gasteiger partial charge < -0.3 is 4.79 Å². The Kier molecular flexibility index (Phi) is 6.56. The molecule has 0 amide bonds. The van der Waals surface area contributed by atoms with Gasteiger partial charge in [0.25, 0.3) is 0 Å².